The average Bonchev–Trinajstić information content (AvgIpc) is 2.53. The summed E-state index contributed by atoms with van der Waals surface area (Å²) in [6, 6.07) is -0.739. The molecule has 1 aliphatic rings. The predicted octanol–water partition coefficient (Wildman–Crippen LogP) is -0.162. The summed E-state index contributed by atoms with van der Waals surface area (Å²) in [7, 11) is -1.76. The van der Waals surface area contributed by atoms with Crippen molar-refractivity contribution in [2.45, 2.75) is 25.4 Å². The summed E-state index contributed by atoms with van der Waals surface area (Å²) < 4.78 is 26.8. The summed E-state index contributed by atoms with van der Waals surface area (Å²) in [5.74, 6) is -0.351. The van der Waals surface area contributed by atoms with Crippen molar-refractivity contribution in [2.75, 3.05) is 12.9 Å². The quantitative estimate of drug-likeness (QED) is 0.683. The largest absolute Gasteiger partial charge is 0.468 e. The van der Waals surface area contributed by atoms with Crippen LogP contribution in [0, 0.1) is 0 Å². The molecule has 2 atom stereocenters. The fraction of sp³-hybridized carbons (Fsp3) is 0.667. The smallest absolute Gasteiger partial charge is 0.322 e. The molecule has 0 radical (unpaired) electrons. The van der Waals surface area contributed by atoms with E-state index in [1.165, 1.54) is 12.5 Å². The fourth-order valence-corrected chi connectivity index (χ4v) is 2.68. The fourth-order valence-electron chi connectivity index (χ4n) is 1.43. The van der Waals surface area contributed by atoms with Crippen molar-refractivity contribution < 1.29 is 17.9 Å². The van der Waals surface area contributed by atoms with Gasteiger partial charge in [-0.05, 0) is 6.42 Å². The van der Waals surface area contributed by atoms with Crippen LogP contribution in [0.2, 0.25) is 0 Å². The van der Waals surface area contributed by atoms with E-state index in [9.17, 15) is 13.2 Å². The van der Waals surface area contributed by atoms with E-state index in [0.717, 1.165) is 0 Å². The minimum absolute atomic E-state index is 0.0144. The number of hydrogen-bond acceptors (Lipinski definition) is 5. The van der Waals surface area contributed by atoms with Crippen LogP contribution in [0.5, 0.6) is 0 Å². The molecule has 0 saturated carbocycles. The molecule has 0 amide bonds. The third-order valence-electron chi connectivity index (χ3n) is 2.24. The lowest BCUT2D eigenvalue weighted by atomic mass is 10.2. The highest BCUT2D eigenvalue weighted by atomic mass is 32.2. The molecule has 0 aromatic carbocycles. The van der Waals surface area contributed by atoms with Crippen LogP contribution in [0.1, 0.15) is 13.3 Å². The second-order valence-electron chi connectivity index (χ2n) is 3.42. The molecule has 1 N–H and O–H groups in total. The summed E-state index contributed by atoms with van der Waals surface area (Å²) in [5.41, 5.74) is 0. The number of rotatable bonds is 4. The number of sulfone groups is 1. The monoisotopic (exact) mass is 233 g/mol. The van der Waals surface area contributed by atoms with E-state index in [-0.39, 0.29) is 17.8 Å². The highest BCUT2D eigenvalue weighted by Crippen LogP contribution is 2.09. The lowest BCUT2D eigenvalue weighted by Crippen LogP contribution is -2.43. The van der Waals surface area contributed by atoms with E-state index in [1.54, 1.807) is 6.08 Å². The first-order valence-electron chi connectivity index (χ1n) is 4.73. The van der Waals surface area contributed by atoms with Gasteiger partial charge in [-0.1, -0.05) is 13.0 Å². The molecule has 0 bridgehead atoms. The van der Waals surface area contributed by atoms with Crippen molar-refractivity contribution in [2.24, 2.45) is 0 Å². The highest BCUT2D eigenvalue weighted by molar-refractivity contribution is 7.94. The van der Waals surface area contributed by atoms with E-state index in [2.05, 4.69) is 10.1 Å². The van der Waals surface area contributed by atoms with Crippen molar-refractivity contribution in [3.8, 4) is 0 Å². The van der Waals surface area contributed by atoms with Crippen LogP contribution in [0.4, 0.5) is 0 Å². The third kappa shape index (κ3) is 3.32. The second kappa shape index (κ2) is 4.76. The Morgan fingerprint density at radius 2 is 2.33 bits per heavy atom. The molecule has 5 nitrogen and oxygen atoms in total. The maximum absolute atomic E-state index is 11.2. The van der Waals surface area contributed by atoms with Gasteiger partial charge in [-0.25, -0.2) is 8.42 Å². The number of carbonyl (C=O) groups excluding carboxylic acids is 1. The molecule has 0 saturated heterocycles. The number of methoxy groups -OCH3 is 1. The van der Waals surface area contributed by atoms with Gasteiger partial charge < -0.3 is 4.74 Å². The molecule has 0 aliphatic carbocycles. The molecule has 0 aromatic rings. The molecule has 0 aromatic heterocycles. The third-order valence-corrected chi connectivity index (χ3v) is 3.63. The molecule has 0 spiro atoms. The first-order chi connectivity index (χ1) is 6.98. The number of esters is 1. The average molecular weight is 233 g/mol. The highest BCUT2D eigenvalue weighted by Gasteiger charge is 2.26. The van der Waals surface area contributed by atoms with Crippen LogP contribution in [-0.4, -0.2) is 39.3 Å². The zero-order chi connectivity index (χ0) is 11.5. The van der Waals surface area contributed by atoms with Crippen molar-refractivity contribution >= 4 is 15.8 Å². The van der Waals surface area contributed by atoms with Gasteiger partial charge in [-0.15, -0.1) is 0 Å². The molecular formula is C9H15NO4S. The number of ether oxygens (including phenoxy) is 1. The molecule has 1 rings (SSSR count). The van der Waals surface area contributed by atoms with E-state index in [4.69, 9.17) is 0 Å². The van der Waals surface area contributed by atoms with Crippen molar-refractivity contribution in [1.82, 2.24) is 5.32 Å². The zero-order valence-corrected chi connectivity index (χ0v) is 9.58. The van der Waals surface area contributed by atoms with Gasteiger partial charge >= 0.3 is 5.97 Å². The molecule has 0 fully saturated rings. The Hall–Kier alpha value is -0.880. The lowest BCUT2D eigenvalue weighted by Gasteiger charge is -2.17. The molecule has 86 valence electrons. The molecule has 2 unspecified atom stereocenters. The zero-order valence-electron chi connectivity index (χ0n) is 8.76. The van der Waals surface area contributed by atoms with Crippen molar-refractivity contribution in [3.63, 3.8) is 0 Å². The normalized spacial score (nSPS) is 25.1. The Balaban J connectivity index is 2.55. The van der Waals surface area contributed by atoms with Crippen LogP contribution < -0.4 is 5.32 Å². The van der Waals surface area contributed by atoms with Gasteiger partial charge in [0.05, 0.1) is 12.9 Å². The van der Waals surface area contributed by atoms with E-state index < -0.39 is 15.9 Å². The number of carbonyl (C=O) groups is 1. The summed E-state index contributed by atoms with van der Waals surface area (Å²) in [6.45, 7) is 1.84. The Morgan fingerprint density at radius 1 is 1.67 bits per heavy atom. The summed E-state index contributed by atoms with van der Waals surface area (Å²) >= 11 is 0. The van der Waals surface area contributed by atoms with Crippen LogP contribution in [0.25, 0.3) is 0 Å². The van der Waals surface area contributed by atoms with Crippen LogP contribution in [-0.2, 0) is 19.4 Å². The SMILES string of the molecule is CCC(NC1C=CS(=O)(=O)C1)C(=O)OC. The van der Waals surface area contributed by atoms with E-state index >= 15 is 0 Å². The molecule has 1 heterocycles. The van der Waals surface area contributed by atoms with E-state index in [0.29, 0.717) is 6.42 Å². The topological polar surface area (TPSA) is 72.5 Å². The number of nitrogens with one attached hydrogen (secondary N) is 1. The van der Waals surface area contributed by atoms with Crippen molar-refractivity contribution in [3.05, 3.63) is 11.5 Å². The van der Waals surface area contributed by atoms with Gasteiger partial charge in [0.15, 0.2) is 9.84 Å². The maximum atomic E-state index is 11.2. The minimum atomic E-state index is -3.08. The maximum Gasteiger partial charge on any atom is 0.322 e. The minimum Gasteiger partial charge on any atom is -0.468 e. The second-order valence-corrected chi connectivity index (χ2v) is 5.35. The summed E-state index contributed by atoms with van der Waals surface area (Å²) in [4.78, 5) is 11.2. The van der Waals surface area contributed by atoms with Crippen LogP contribution in [0.3, 0.4) is 0 Å². The van der Waals surface area contributed by atoms with E-state index in [1.807, 2.05) is 6.92 Å². The standard InChI is InChI=1S/C9H15NO4S/c1-3-8(9(11)14-2)10-7-4-5-15(12,13)6-7/h4-5,7-8,10H,3,6H2,1-2H3. The van der Waals surface area contributed by atoms with Gasteiger partial charge in [-0.3, -0.25) is 10.1 Å². The molecular weight excluding hydrogens is 218 g/mol. The molecule has 6 heteroatoms. The first kappa shape index (κ1) is 12.2. The van der Waals surface area contributed by atoms with Gasteiger partial charge in [-0.2, -0.15) is 0 Å². The van der Waals surface area contributed by atoms with Crippen LogP contribution >= 0.6 is 0 Å². The van der Waals surface area contributed by atoms with Gasteiger partial charge in [0.25, 0.3) is 0 Å². The predicted molar refractivity (Wildman–Crippen MR) is 55.9 cm³/mol. The van der Waals surface area contributed by atoms with Gasteiger partial charge in [0.1, 0.15) is 6.04 Å². The summed E-state index contributed by atoms with van der Waals surface area (Å²) in [5, 5.41) is 4.11. The first-order valence-corrected chi connectivity index (χ1v) is 6.45. The Bertz CT molecular complexity index is 360. The molecule has 15 heavy (non-hydrogen) atoms. The Labute approximate surface area is 89.4 Å². The summed E-state index contributed by atoms with van der Waals surface area (Å²) in [6.07, 6.45) is 2.12. The van der Waals surface area contributed by atoms with Crippen molar-refractivity contribution in [1.29, 1.82) is 0 Å². The number of hydrogen-bond donors (Lipinski definition) is 1. The Kier molecular flexibility index (Phi) is 3.87. The Morgan fingerprint density at radius 3 is 2.73 bits per heavy atom. The van der Waals surface area contributed by atoms with Gasteiger partial charge in [0, 0.05) is 11.4 Å². The molecule has 1 aliphatic heterocycles. The van der Waals surface area contributed by atoms with Crippen LogP contribution in [0.15, 0.2) is 11.5 Å². The van der Waals surface area contributed by atoms with Gasteiger partial charge in [0.2, 0.25) is 0 Å². The lowest BCUT2D eigenvalue weighted by molar-refractivity contribution is -0.143.